The third-order valence-electron chi connectivity index (χ3n) is 4.23. The molecule has 0 aliphatic carbocycles. The predicted octanol–water partition coefficient (Wildman–Crippen LogP) is 1.97. The summed E-state index contributed by atoms with van der Waals surface area (Å²) in [6.45, 7) is 3.84. The van der Waals surface area contributed by atoms with E-state index in [1.165, 1.54) is 0 Å². The molecule has 2 aromatic rings. The van der Waals surface area contributed by atoms with Crippen LogP contribution in [0.4, 0.5) is 11.4 Å². The van der Waals surface area contributed by atoms with Gasteiger partial charge in [0, 0.05) is 16.3 Å². The quantitative estimate of drug-likeness (QED) is 0.555. The number of nitrogens with two attached hydrogens (primary N) is 2. The Labute approximate surface area is 124 Å². The van der Waals surface area contributed by atoms with E-state index >= 15 is 0 Å². The topological polar surface area (TPSA) is 89.3 Å². The maximum absolute atomic E-state index is 13.8. The third-order valence-corrected chi connectivity index (χ3v) is 7.97. The van der Waals surface area contributed by atoms with Crippen molar-refractivity contribution < 1.29 is 9.67 Å². The first-order chi connectivity index (χ1) is 9.89. The van der Waals surface area contributed by atoms with Crippen LogP contribution in [-0.2, 0) is 4.57 Å². The zero-order valence-corrected chi connectivity index (χ0v) is 13.0. The van der Waals surface area contributed by atoms with E-state index < -0.39 is 13.2 Å². The molecule has 4 nitrogen and oxygen atoms in total. The molecule has 1 aliphatic rings. The number of hydrogen-bond donors (Lipinski definition) is 3. The van der Waals surface area contributed by atoms with E-state index in [-0.39, 0.29) is 5.66 Å². The molecule has 0 radical (unpaired) electrons. The molecule has 0 bridgehead atoms. The first-order valence-electron chi connectivity index (χ1n) is 6.94. The molecule has 0 saturated heterocycles. The van der Waals surface area contributed by atoms with Crippen molar-refractivity contribution in [2.45, 2.75) is 25.6 Å². The highest BCUT2D eigenvalue weighted by Crippen LogP contribution is 2.56. The van der Waals surface area contributed by atoms with Gasteiger partial charge in [-0.25, -0.2) is 0 Å². The Balaban J connectivity index is 2.46. The minimum absolute atomic E-state index is 0.117. The van der Waals surface area contributed by atoms with Crippen LogP contribution in [-0.4, -0.2) is 10.8 Å². The Morgan fingerprint density at radius 3 is 2.43 bits per heavy atom. The molecule has 0 saturated carbocycles. The summed E-state index contributed by atoms with van der Waals surface area (Å²) in [4.78, 5) is 0. The van der Waals surface area contributed by atoms with Crippen LogP contribution in [0.15, 0.2) is 36.4 Å². The van der Waals surface area contributed by atoms with Gasteiger partial charge >= 0.3 is 0 Å². The fraction of sp³-hybridized carbons (Fsp3) is 0.250. The lowest BCUT2D eigenvalue weighted by Gasteiger charge is -2.35. The van der Waals surface area contributed by atoms with Crippen molar-refractivity contribution in [2.75, 3.05) is 11.5 Å². The van der Waals surface area contributed by atoms with Crippen molar-refractivity contribution in [3.63, 3.8) is 0 Å². The molecule has 21 heavy (non-hydrogen) atoms. The van der Waals surface area contributed by atoms with Crippen LogP contribution in [0.5, 0.6) is 0 Å². The molecule has 5 heteroatoms. The SMILES string of the molecule is CC(C)P1(=O)c2ccccc2C(O)c2ccc(N)c(N)c21. The van der Waals surface area contributed by atoms with Crippen LogP contribution >= 0.6 is 7.14 Å². The second-order valence-corrected chi connectivity index (χ2v) is 9.00. The number of fused-ring (bicyclic) bond motifs is 2. The molecular formula is C16H19N2O2P. The van der Waals surface area contributed by atoms with Crippen LogP contribution < -0.4 is 22.1 Å². The summed E-state index contributed by atoms with van der Waals surface area (Å²) in [6.07, 6.45) is -0.820. The number of aliphatic hydroxyl groups is 1. The summed E-state index contributed by atoms with van der Waals surface area (Å²) in [7, 11) is -2.93. The normalized spacial score (nSPS) is 23.7. The Hall–Kier alpha value is -1.77. The summed E-state index contributed by atoms with van der Waals surface area (Å²) < 4.78 is 13.8. The van der Waals surface area contributed by atoms with E-state index in [0.29, 0.717) is 33.1 Å². The smallest absolute Gasteiger partial charge is 0.148 e. The van der Waals surface area contributed by atoms with E-state index in [1.807, 2.05) is 38.1 Å². The van der Waals surface area contributed by atoms with E-state index in [0.717, 1.165) is 0 Å². The molecule has 1 heterocycles. The van der Waals surface area contributed by atoms with Gasteiger partial charge in [0.1, 0.15) is 13.2 Å². The van der Waals surface area contributed by atoms with Crippen molar-refractivity contribution in [1.29, 1.82) is 0 Å². The summed E-state index contributed by atoms with van der Waals surface area (Å²) in [5.41, 5.74) is 14.0. The summed E-state index contributed by atoms with van der Waals surface area (Å²) in [5.74, 6) is 0. The van der Waals surface area contributed by atoms with E-state index in [4.69, 9.17) is 11.5 Å². The Morgan fingerprint density at radius 2 is 1.76 bits per heavy atom. The lowest BCUT2D eigenvalue weighted by Crippen LogP contribution is -2.36. The van der Waals surface area contributed by atoms with Crippen molar-refractivity contribution >= 4 is 29.1 Å². The van der Waals surface area contributed by atoms with Crippen molar-refractivity contribution in [2.24, 2.45) is 0 Å². The fourth-order valence-electron chi connectivity index (χ4n) is 3.08. The first-order valence-corrected chi connectivity index (χ1v) is 8.72. The van der Waals surface area contributed by atoms with E-state index in [2.05, 4.69) is 0 Å². The highest BCUT2D eigenvalue weighted by atomic mass is 31.2. The predicted molar refractivity (Wildman–Crippen MR) is 87.8 cm³/mol. The van der Waals surface area contributed by atoms with E-state index in [1.54, 1.807) is 12.1 Å². The zero-order valence-electron chi connectivity index (χ0n) is 12.1. The van der Waals surface area contributed by atoms with Gasteiger partial charge < -0.3 is 21.1 Å². The number of hydrogen-bond acceptors (Lipinski definition) is 4. The van der Waals surface area contributed by atoms with Crippen LogP contribution in [0.3, 0.4) is 0 Å². The van der Waals surface area contributed by atoms with Gasteiger partial charge in [0.25, 0.3) is 0 Å². The van der Waals surface area contributed by atoms with Gasteiger partial charge in [0.05, 0.1) is 11.4 Å². The first kappa shape index (κ1) is 14.2. The molecule has 0 fully saturated rings. The van der Waals surface area contributed by atoms with Gasteiger partial charge in [-0.3, -0.25) is 0 Å². The molecule has 2 unspecified atom stereocenters. The number of anilines is 2. The van der Waals surface area contributed by atoms with Crippen LogP contribution in [0.25, 0.3) is 0 Å². The van der Waals surface area contributed by atoms with Crippen LogP contribution in [0.1, 0.15) is 31.1 Å². The molecule has 110 valence electrons. The average Bonchev–Trinajstić information content (AvgIpc) is 2.47. The molecule has 0 amide bonds. The fourth-order valence-corrected chi connectivity index (χ4v) is 6.35. The third kappa shape index (κ3) is 1.76. The van der Waals surface area contributed by atoms with E-state index in [9.17, 15) is 9.67 Å². The summed E-state index contributed by atoms with van der Waals surface area (Å²) in [6, 6.07) is 10.7. The molecule has 1 aliphatic heterocycles. The lowest BCUT2D eigenvalue weighted by molar-refractivity contribution is 0.221. The monoisotopic (exact) mass is 302 g/mol. The largest absolute Gasteiger partial charge is 0.397 e. The van der Waals surface area contributed by atoms with Gasteiger partial charge in [0.15, 0.2) is 0 Å². The van der Waals surface area contributed by atoms with Crippen LogP contribution in [0, 0.1) is 0 Å². The maximum atomic E-state index is 13.8. The minimum atomic E-state index is -2.93. The van der Waals surface area contributed by atoms with Crippen molar-refractivity contribution in [3.05, 3.63) is 47.5 Å². The Bertz CT molecular complexity index is 771. The molecule has 2 atom stereocenters. The van der Waals surface area contributed by atoms with Gasteiger partial charge in [-0.2, -0.15) is 0 Å². The van der Waals surface area contributed by atoms with Crippen molar-refractivity contribution in [3.8, 4) is 0 Å². The standard InChI is InChI=1S/C16H19N2O2P/c1-9(2)21(20)13-6-4-3-5-10(13)15(19)11-7-8-12(17)14(18)16(11)21/h3-9,15,19H,17-18H2,1-2H3. The van der Waals surface area contributed by atoms with Gasteiger partial charge in [-0.05, 0) is 17.2 Å². The molecular weight excluding hydrogens is 283 g/mol. The minimum Gasteiger partial charge on any atom is -0.397 e. The lowest BCUT2D eigenvalue weighted by atomic mass is 9.99. The van der Waals surface area contributed by atoms with Gasteiger partial charge in [-0.1, -0.05) is 44.2 Å². The molecule has 2 aromatic carbocycles. The van der Waals surface area contributed by atoms with Gasteiger partial charge in [-0.15, -0.1) is 0 Å². The highest BCUT2D eigenvalue weighted by Gasteiger charge is 2.43. The number of benzene rings is 2. The molecule has 3 rings (SSSR count). The summed E-state index contributed by atoms with van der Waals surface area (Å²) >= 11 is 0. The zero-order chi connectivity index (χ0) is 15.4. The van der Waals surface area contributed by atoms with Gasteiger partial charge in [0.2, 0.25) is 0 Å². The second-order valence-electron chi connectivity index (χ2n) is 5.72. The average molecular weight is 302 g/mol. The maximum Gasteiger partial charge on any atom is 0.148 e. The highest BCUT2D eigenvalue weighted by molar-refractivity contribution is 7.79. The molecule has 0 spiro atoms. The number of nitrogen functional groups attached to an aromatic ring is 2. The second kappa shape index (κ2) is 4.62. The number of rotatable bonds is 1. The molecule has 5 N–H and O–H groups in total. The summed E-state index contributed by atoms with van der Waals surface area (Å²) in [5, 5.41) is 11.8. The number of aliphatic hydroxyl groups excluding tert-OH is 1. The van der Waals surface area contributed by atoms with Crippen molar-refractivity contribution in [1.82, 2.24) is 0 Å². The molecule has 0 aromatic heterocycles. The van der Waals surface area contributed by atoms with Crippen LogP contribution in [0.2, 0.25) is 0 Å². The Morgan fingerprint density at radius 1 is 1.10 bits per heavy atom. The Kier molecular flexibility index (Phi) is 3.12.